The van der Waals surface area contributed by atoms with E-state index in [-0.39, 0.29) is 0 Å². The lowest BCUT2D eigenvalue weighted by Crippen LogP contribution is -1.94. The highest BCUT2D eigenvalue weighted by atomic mass is 14.7. The minimum absolute atomic E-state index is 1.01. The molecule has 0 fully saturated rings. The van der Waals surface area contributed by atoms with Gasteiger partial charge in [-0.25, -0.2) is 0 Å². The number of pyridine rings is 1. The van der Waals surface area contributed by atoms with E-state index in [0.717, 1.165) is 5.52 Å². The third kappa shape index (κ3) is 3.16. The molecule has 1 aliphatic rings. The molecule has 0 radical (unpaired) electrons. The highest BCUT2D eigenvalue weighted by Crippen LogP contribution is 2.52. The smallest absolute Gasteiger partial charge is 0.0708 e. The maximum Gasteiger partial charge on any atom is 0.0708 e. The van der Waals surface area contributed by atoms with Crippen LogP contribution in [0.15, 0.2) is 152 Å². The summed E-state index contributed by atoms with van der Waals surface area (Å²) in [4.78, 5) is 5.05. The van der Waals surface area contributed by atoms with E-state index in [1.165, 1.54) is 93.0 Å². The summed E-state index contributed by atoms with van der Waals surface area (Å²) in [5, 5.41) is 11.2. The minimum Gasteiger partial charge on any atom is -0.256 e. The van der Waals surface area contributed by atoms with E-state index in [4.69, 9.17) is 4.98 Å². The lowest BCUT2D eigenvalue weighted by atomic mass is 9.83. The topological polar surface area (TPSA) is 12.9 Å². The highest BCUT2D eigenvalue weighted by molar-refractivity contribution is 6.30. The summed E-state index contributed by atoms with van der Waals surface area (Å²) in [6.45, 7) is 0. The number of aromatic nitrogens is 1. The highest BCUT2D eigenvalue weighted by Gasteiger charge is 2.25. The van der Waals surface area contributed by atoms with Crippen molar-refractivity contribution in [3.63, 3.8) is 0 Å². The maximum absolute atomic E-state index is 5.05. The van der Waals surface area contributed by atoms with Crippen LogP contribution in [0.5, 0.6) is 0 Å². The SMILES string of the molecule is c1ccc2c(c1)-c1cccc3c(-c4c5ccccc5c(-c5ccc6ccccc6c5)c5c4cnc4ccccc45)ccc-2c13. The molecule has 0 bridgehead atoms. The summed E-state index contributed by atoms with van der Waals surface area (Å²) in [5.41, 5.74) is 11.3. The van der Waals surface area contributed by atoms with Gasteiger partial charge < -0.3 is 0 Å². The van der Waals surface area contributed by atoms with Crippen LogP contribution in [-0.4, -0.2) is 4.98 Å². The van der Waals surface area contributed by atoms with Gasteiger partial charge in [0.2, 0.25) is 0 Å². The van der Waals surface area contributed by atoms with Crippen LogP contribution in [0.2, 0.25) is 0 Å². The van der Waals surface area contributed by atoms with E-state index in [1.807, 2.05) is 0 Å². The van der Waals surface area contributed by atoms with Crippen molar-refractivity contribution in [2.24, 2.45) is 0 Å². The Hall–Kier alpha value is -5.79. The van der Waals surface area contributed by atoms with Crippen molar-refractivity contribution in [1.29, 1.82) is 0 Å². The summed E-state index contributed by atoms with van der Waals surface area (Å²) in [5.74, 6) is 0. The van der Waals surface area contributed by atoms with E-state index in [2.05, 4.69) is 152 Å². The second-order valence-electron chi connectivity index (χ2n) is 11.9. The molecule has 0 saturated heterocycles. The molecule has 1 aromatic heterocycles. The number of hydrogen-bond acceptors (Lipinski definition) is 1. The third-order valence-electron chi connectivity index (χ3n) is 9.62. The molecule has 0 spiro atoms. The average Bonchev–Trinajstić information content (AvgIpc) is 3.42. The van der Waals surface area contributed by atoms with E-state index in [0.29, 0.717) is 0 Å². The first-order chi connectivity index (χ1) is 21.8. The number of para-hydroxylation sites is 1. The Bertz CT molecular complexity index is 2630. The van der Waals surface area contributed by atoms with Crippen LogP contribution in [0.3, 0.4) is 0 Å². The number of hydrogen-bond donors (Lipinski definition) is 0. The van der Waals surface area contributed by atoms with Gasteiger partial charge >= 0.3 is 0 Å². The van der Waals surface area contributed by atoms with Gasteiger partial charge in [-0.05, 0) is 89.0 Å². The van der Waals surface area contributed by atoms with Gasteiger partial charge in [0.05, 0.1) is 5.52 Å². The van der Waals surface area contributed by atoms with Gasteiger partial charge in [-0.15, -0.1) is 0 Å². The molecule has 44 heavy (non-hydrogen) atoms. The van der Waals surface area contributed by atoms with Crippen LogP contribution in [0, 0.1) is 0 Å². The molecule has 0 aliphatic heterocycles. The van der Waals surface area contributed by atoms with Gasteiger partial charge in [0.25, 0.3) is 0 Å². The van der Waals surface area contributed by atoms with Crippen LogP contribution < -0.4 is 0 Å². The Morgan fingerprint density at radius 2 is 0.955 bits per heavy atom. The van der Waals surface area contributed by atoms with Gasteiger partial charge in [0.1, 0.15) is 0 Å². The Morgan fingerprint density at radius 1 is 0.341 bits per heavy atom. The fraction of sp³-hybridized carbons (Fsp3) is 0. The minimum atomic E-state index is 1.01. The van der Waals surface area contributed by atoms with Crippen molar-refractivity contribution >= 4 is 54.0 Å². The third-order valence-corrected chi connectivity index (χ3v) is 9.62. The second kappa shape index (κ2) is 8.86. The molecule has 9 aromatic rings. The molecular weight excluding hydrogens is 530 g/mol. The zero-order valence-electron chi connectivity index (χ0n) is 23.9. The molecule has 0 N–H and O–H groups in total. The van der Waals surface area contributed by atoms with E-state index in [9.17, 15) is 0 Å². The summed E-state index contributed by atoms with van der Waals surface area (Å²) in [6.07, 6.45) is 2.11. The molecule has 202 valence electrons. The van der Waals surface area contributed by atoms with Gasteiger partial charge in [-0.3, -0.25) is 4.98 Å². The van der Waals surface area contributed by atoms with Crippen LogP contribution in [0.4, 0.5) is 0 Å². The van der Waals surface area contributed by atoms with E-state index >= 15 is 0 Å². The molecular formula is C43H25N. The molecule has 1 heterocycles. The van der Waals surface area contributed by atoms with Crippen molar-refractivity contribution in [1.82, 2.24) is 4.98 Å². The lowest BCUT2D eigenvalue weighted by molar-refractivity contribution is 1.45. The average molecular weight is 556 g/mol. The lowest BCUT2D eigenvalue weighted by Gasteiger charge is -2.20. The first kappa shape index (κ1) is 23.7. The van der Waals surface area contributed by atoms with Gasteiger partial charge in [0.15, 0.2) is 0 Å². The molecule has 1 heteroatoms. The molecule has 0 amide bonds. The molecule has 8 aromatic carbocycles. The Balaban J connectivity index is 1.40. The van der Waals surface area contributed by atoms with Crippen molar-refractivity contribution in [2.75, 3.05) is 0 Å². The zero-order chi connectivity index (χ0) is 28.8. The van der Waals surface area contributed by atoms with Crippen LogP contribution >= 0.6 is 0 Å². The quantitative estimate of drug-likeness (QED) is 0.153. The summed E-state index contributed by atoms with van der Waals surface area (Å²) in [7, 11) is 0. The standard InChI is InChI=1S/C43H25N/c1-2-11-27-24-28(21-20-26(27)10-1)40-32-14-5-6-15-33(32)42(38-25-44-39-19-8-7-16-37(39)43(38)40)36-23-22-35-30-13-4-3-12-29(30)31-17-9-18-34(36)41(31)35/h1-25H. The molecule has 0 unspecified atom stereocenters. The fourth-order valence-corrected chi connectivity index (χ4v) is 7.76. The van der Waals surface area contributed by atoms with E-state index in [1.54, 1.807) is 0 Å². The van der Waals surface area contributed by atoms with Crippen molar-refractivity contribution in [3.8, 4) is 44.5 Å². The number of benzene rings is 8. The molecule has 1 nitrogen and oxygen atoms in total. The summed E-state index contributed by atoms with van der Waals surface area (Å²) >= 11 is 0. The van der Waals surface area contributed by atoms with Crippen LogP contribution in [0.25, 0.3) is 98.5 Å². The molecule has 0 saturated carbocycles. The largest absolute Gasteiger partial charge is 0.256 e. The summed E-state index contributed by atoms with van der Waals surface area (Å²) < 4.78 is 0. The molecule has 1 aliphatic carbocycles. The van der Waals surface area contributed by atoms with Crippen molar-refractivity contribution in [2.45, 2.75) is 0 Å². The monoisotopic (exact) mass is 555 g/mol. The molecule has 10 rings (SSSR count). The second-order valence-corrected chi connectivity index (χ2v) is 11.9. The van der Waals surface area contributed by atoms with Crippen molar-refractivity contribution in [3.05, 3.63) is 152 Å². The maximum atomic E-state index is 5.05. The first-order valence-electron chi connectivity index (χ1n) is 15.2. The predicted molar refractivity (Wildman–Crippen MR) is 187 cm³/mol. The number of fused-ring (bicyclic) bond motifs is 8. The zero-order valence-corrected chi connectivity index (χ0v) is 23.9. The van der Waals surface area contributed by atoms with Crippen molar-refractivity contribution < 1.29 is 0 Å². The number of nitrogens with zero attached hydrogens (tertiary/aromatic N) is 1. The van der Waals surface area contributed by atoms with Crippen LogP contribution in [-0.2, 0) is 0 Å². The van der Waals surface area contributed by atoms with Gasteiger partial charge in [-0.2, -0.15) is 0 Å². The van der Waals surface area contributed by atoms with Gasteiger partial charge in [0, 0.05) is 22.4 Å². The Kier molecular flexibility index (Phi) is 4.78. The Morgan fingerprint density at radius 3 is 1.80 bits per heavy atom. The van der Waals surface area contributed by atoms with Gasteiger partial charge in [-0.1, -0.05) is 133 Å². The Labute approximate surface area is 254 Å². The predicted octanol–water partition coefficient (Wildman–Crippen LogP) is 11.8. The van der Waals surface area contributed by atoms with E-state index < -0.39 is 0 Å². The number of rotatable bonds is 2. The first-order valence-corrected chi connectivity index (χ1v) is 15.2. The van der Waals surface area contributed by atoms with Crippen LogP contribution in [0.1, 0.15) is 0 Å². The molecule has 0 atom stereocenters. The normalized spacial score (nSPS) is 12.1. The summed E-state index contributed by atoms with van der Waals surface area (Å²) in [6, 6.07) is 53.3. The fourth-order valence-electron chi connectivity index (χ4n) is 7.76.